The standard InChI is InChI=1S/C22H21ClN2O4S/c1-2-14-29-20-10-6-16(7-11-20)22(26)24-18-8-12-21(13-9-18)30(27,28)25-19-5-3-4-17(23)15-19/h3-13,15,25H,2,14H2,1H3,(H,24,26). The number of carbonyl (C=O) groups excluding carboxylic acids is 1. The summed E-state index contributed by atoms with van der Waals surface area (Å²) in [6.45, 7) is 2.64. The molecule has 3 aromatic carbocycles. The van der Waals surface area contributed by atoms with Crippen LogP contribution >= 0.6 is 11.6 Å². The lowest BCUT2D eigenvalue weighted by molar-refractivity contribution is 0.102. The van der Waals surface area contributed by atoms with E-state index in [1.807, 2.05) is 6.92 Å². The molecular weight excluding hydrogens is 424 g/mol. The second kappa shape index (κ2) is 9.65. The van der Waals surface area contributed by atoms with E-state index in [0.29, 0.717) is 34.3 Å². The molecule has 3 rings (SSSR count). The molecule has 8 heteroatoms. The van der Waals surface area contributed by atoms with Gasteiger partial charge in [-0.15, -0.1) is 0 Å². The molecule has 3 aromatic rings. The molecule has 0 saturated heterocycles. The Morgan fingerprint density at radius 1 is 0.967 bits per heavy atom. The molecular formula is C22H21ClN2O4S. The van der Waals surface area contributed by atoms with E-state index in [2.05, 4.69) is 10.0 Å². The number of benzene rings is 3. The third-order valence-corrected chi connectivity index (χ3v) is 5.72. The molecule has 0 bridgehead atoms. The molecule has 6 nitrogen and oxygen atoms in total. The largest absolute Gasteiger partial charge is 0.494 e. The van der Waals surface area contributed by atoms with Crippen molar-refractivity contribution in [1.29, 1.82) is 0 Å². The fourth-order valence-electron chi connectivity index (χ4n) is 2.61. The number of sulfonamides is 1. The van der Waals surface area contributed by atoms with Gasteiger partial charge >= 0.3 is 0 Å². The van der Waals surface area contributed by atoms with E-state index >= 15 is 0 Å². The number of hydrogen-bond donors (Lipinski definition) is 2. The summed E-state index contributed by atoms with van der Waals surface area (Å²) in [5.74, 6) is 0.403. The SMILES string of the molecule is CCCOc1ccc(C(=O)Nc2ccc(S(=O)(=O)Nc3cccc(Cl)c3)cc2)cc1. The zero-order chi connectivity index (χ0) is 21.6. The van der Waals surface area contributed by atoms with Gasteiger partial charge in [-0.2, -0.15) is 0 Å². The van der Waals surface area contributed by atoms with Crippen LogP contribution in [0.2, 0.25) is 5.02 Å². The molecule has 156 valence electrons. The third-order valence-electron chi connectivity index (χ3n) is 4.09. The van der Waals surface area contributed by atoms with Crippen LogP contribution in [-0.4, -0.2) is 20.9 Å². The molecule has 0 atom stereocenters. The van der Waals surface area contributed by atoms with Crippen LogP contribution in [0.1, 0.15) is 23.7 Å². The molecule has 0 aromatic heterocycles. The molecule has 0 spiro atoms. The van der Waals surface area contributed by atoms with Crippen molar-refractivity contribution in [1.82, 2.24) is 0 Å². The van der Waals surface area contributed by atoms with E-state index in [-0.39, 0.29) is 10.8 Å². The summed E-state index contributed by atoms with van der Waals surface area (Å²) in [5.41, 5.74) is 1.32. The molecule has 0 fully saturated rings. The Balaban J connectivity index is 1.65. The quantitative estimate of drug-likeness (QED) is 0.501. The molecule has 0 radical (unpaired) electrons. The first-order chi connectivity index (χ1) is 14.4. The van der Waals surface area contributed by atoms with Crippen LogP contribution < -0.4 is 14.8 Å². The van der Waals surface area contributed by atoms with Gasteiger partial charge in [0, 0.05) is 16.3 Å². The average molecular weight is 445 g/mol. The number of rotatable bonds is 8. The molecule has 0 aliphatic rings. The van der Waals surface area contributed by atoms with E-state index in [4.69, 9.17) is 16.3 Å². The number of ether oxygens (including phenoxy) is 1. The average Bonchev–Trinajstić information content (AvgIpc) is 2.72. The normalized spacial score (nSPS) is 11.0. The van der Waals surface area contributed by atoms with Gasteiger partial charge in [0.15, 0.2) is 0 Å². The van der Waals surface area contributed by atoms with Crippen LogP contribution in [0.5, 0.6) is 5.75 Å². The van der Waals surface area contributed by atoms with Gasteiger partial charge in [-0.25, -0.2) is 8.42 Å². The predicted molar refractivity (Wildman–Crippen MR) is 119 cm³/mol. The highest BCUT2D eigenvalue weighted by Gasteiger charge is 2.15. The van der Waals surface area contributed by atoms with Gasteiger partial charge < -0.3 is 10.1 Å². The van der Waals surface area contributed by atoms with Crippen molar-refractivity contribution in [3.05, 3.63) is 83.4 Å². The highest BCUT2D eigenvalue weighted by molar-refractivity contribution is 7.92. The van der Waals surface area contributed by atoms with Crippen LogP contribution in [0.4, 0.5) is 11.4 Å². The zero-order valence-corrected chi connectivity index (χ0v) is 17.8. The lowest BCUT2D eigenvalue weighted by Gasteiger charge is -2.10. The Morgan fingerprint density at radius 2 is 1.67 bits per heavy atom. The van der Waals surface area contributed by atoms with Gasteiger partial charge in [-0.3, -0.25) is 9.52 Å². The lowest BCUT2D eigenvalue weighted by Crippen LogP contribution is -2.14. The smallest absolute Gasteiger partial charge is 0.261 e. The van der Waals surface area contributed by atoms with E-state index in [9.17, 15) is 13.2 Å². The topological polar surface area (TPSA) is 84.5 Å². The van der Waals surface area contributed by atoms with Gasteiger partial charge in [-0.1, -0.05) is 24.6 Å². The molecule has 2 N–H and O–H groups in total. The van der Waals surface area contributed by atoms with Gasteiger partial charge in [0.2, 0.25) is 0 Å². The summed E-state index contributed by atoms with van der Waals surface area (Å²) >= 11 is 5.89. The van der Waals surface area contributed by atoms with Crippen LogP contribution in [0.3, 0.4) is 0 Å². The Kier molecular flexibility index (Phi) is 6.97. The first-order valence-electron chi connectivity index (χ1n) is 9.30. The van der Waals surface area contributed by atoms with Crippen LogP contribution in [0, 0.1) is 0 Å². The summed E-state index contributed by atoms with van der Waals surface area (Å²) in [6.07, 6.45) is 0.905. The molecule has 30 heavy (non-hydrogen) atoms. The highest BCUT2D eigenvalue weighted by atomic mass is 35.5. The van der Waals surface area contributed by atoms with Crippen LogP contribution in [0.25, 0.3) is 0 Å². The van der Waals surface area contributed by atoms with Crippen LogP contribution in [0.15, 0.2) is 77.7 Å². The molecule has 1 amide bonds. The second-order valence-electron chi connectivity index (χ2n) is 6.47. The summed E-state index contributed by atoms with van der Waals surface area (Å²) in [6, 6.07) is 19.2. The Labute approximate surface area is 180 Å². The monoisotopic (exact) mass is 444 g/mol. The minimum absolute atomic E-state index is 0.0675. The maximum Gasteiger partial charge on any atom is 0.261 e. The number of nitrogens with one attached hydrogen (secondary N) is 2. The summed E-state index contributed by atoms with van der Waals surface area (Å²) in [4.78, 5) is 12.5. The zero-order valence-electron chi connectivity index (χ0n) is 16.3. The summed E-state index contributed by atoms with van der Waals surface area (Å²) in [7, 11) is -3.78. The molecule has 0 aliphatic carbocycles. The number of carbonyl (C=O) groups is 1. The first kappa shape index (κ1) is 21.7. The highest BCUT2D eigenvalue weighted by Crippen LogP contribution is 2.21. The van der Waals surface area contributed by atoms with Crippen molar-refractivity contribution in [3.8, 4) is 5.75 Å². The predicted octanol–water partition coefficient (Wildman–Crippen LogP) is 5.18. The summed E-state index contributed by atoms with van der Waals surface area (Å²) in [5, 5.41) is 3.17. The van der Waals surface area contributed by atoms with E-state index in [0.717, 1.165) is 6.42 Å². The molecule has 0 saturated carbocycles. The van der Waals surface area contributed by atoms with Gasteiger partial charge in [-0.05, 0) is 73.2 Å². The van der Waals surface area contributed by atoms with E-state index in [1.54, 1.807) is 42.5 Å². The number of hydrogen-bond acceptors (Lipinski definition) is 4. The van der Waals surface area contributed by atoms with Crippen molar-refractivity contribution >= 4 is 38.9 Å². The van der Waals surface area contributed by atoms with Gasteiger partial charge in [0.1, 0.15) is 5.75 Å². The molecule has 0 heterocycles. The Morgan fingerprint density at radius 3 is 2.30 bits per heavy atom. The lowest BCUT2D eigenvalue weighted by atomic mass is 10.2. The fourth-order valence-corrected chi connectivity index (χ4v) is 3.85. The van der Waals surface area contributed by atoms with Crippen LogP contribution in [-0.2, 0) is 10.0 Å². The van der Waals surface area contributed by atoms with Gasteiger partial charge in [0.25, 0.3) is 15.9 Å². The van der Waals surface area contributed by atoms with Crippen molar-refractivity contribution < 1.29 is 17.9 Å². The van der Waals surface area contributed by atoms with Crippen molar-refractivity contribution in [3.63, 3.8) is 0 Å². The van der Waals surface area contributed by atoms with E-state index < -0.39 is 10.0 Å². The van der Waals surface area contributed by atoms with Gasteiger partial charge in [0.05, 0.1) is 17.2 Å². The Hall–Kier alpha value is -3.03. The number of anilines is 2. The second-order valence-corrected chi connectivity index (χ2v) is 8.59. The maximum absolute atomic E-state index is 12.5. The fraction of sp³-hybridized carbons (Fsp3) is 0.136. The summed E-state index contributed by atoms with van der Waals surface area (Å²) < 4.78 is 33.0. The maximum atomic E-state index is 12.5. The van der Waals surface area contributed by atoms with Crippen molar-refractivity contribution in [2.75, 3.05) is 16.6 Å². The third kappa shape index (κ3) is 5.75. The minimum Gasteiger partial charge on any atom is -0.494 e. The molecule has 0 unspecified atom stereocenters. The first-order valence-corrected chi connectivity index (χ1v) is 11.2. The molecule has 0 aliphatic heterocycles. The van der Waals surface area contributed by atoms with E-state index in [1.165, 1.54) is 30.3 Å². The number of halogens is 1. The minimum atomic E-state index is -3.78. The van der Waals surface area contributed by atoms with Crippen molar-refractivity contribution in [2.45, 2.75) is 18.2 Å². The number of amides is 1. The van der Waals surface area contributed by atoms with Crippen molar-refractivity contribution in [2.24, 2.45) is 0 Å². The Bertz CT molecular complexity index is 1110.